The van der Waals surface area contributed by atoms with Crippen LogP contribution in [-0.4, -0.2) is 26.9 Å². The van der Waals surface area contributed by atoms with Crippen LogP contribution >= 0.6 is 0 Å². The fourth-order valence-corrected chi connectivity index (χ4v) is 2.35. The molecule has 0 spiro atoms. The van der Waals surface area contributed by atoms with Gasteiger partial charge >= 0.3 is 0 Å². The van der Waals surface area contributed by atoms with Crippen molar-refractivity contribution in [2.24, 2.45) is 7.05 Å². The molecule has 0 radical (unpaired) electrons. The predicted octanol–water partition coefficient (Wildman–Crippen LogP) is 2.81. The lowest BCUT2D eigenvalue weighted by Crippen LogP contribution is -1.97. The van der Waals surface area contributed by atoms with E-state index in [0.717, 1.165) is 22.5 Å². The average Bonchev–Trinajstić information content (AvgIpc) is 2.92. The Hall–Kier alpha value is -3.40. The summed E-state index contributed by atoms with van der Waals surface area (Å²) in [4.78, 5) is 8.67. The van der Waals surface area contributed by atoms with Gasteiger partial charge in [-0.3, -0.25) is 4.68 Å². The van der Waals surface area contributed by atoms with E-state index >= 15 is 0 Å². The van der Waals surface area contributed by atoms with Gasteiger partial charge in [0.1, 0.15) is 11.8 Å². The number of nitrogens with zero attached hydrogens (tertiary/aromatic N) is 5. The minimum absolute atomic E-state index is 0.493. The number of ether oxygens (including phenoxy) is 1. The first-order valence-electron chi connectivity index (χ1n) is 7.28. The van der Waals surface area contributed by atoms with Gasteiger partial charge in [-0.15, -0.1) is 0 Å². The van der Waals surface area contributed by atoms with Gasteiger partial charge in [-0.1, -0.05) is 6.07 Å². The molecule has 0 aliphatic heterocycles. The molecule has 0 fully saturated rings. The molecular weight excluding hydrogens is 304 g/mol. The van der Waals surface area contributed by atoms with Gasteiger partial charge in [0.25, 0.3) is 0 Å². The summed E-state index contributed by atoms with van der Waals surface area (Å²) in [5.41, 5.74) is 3.96. The lowest BCUT2D eigenvalue weighted by atomic mass is 10.1. The maximum atomic E-state index is 9.04. The third kappa shape index (κ3) is 3.03. The minimum atomic E-state index is 0.493. The second-order valence-corrected chi connectivity index (χ2v) is 5.25. The molecule has 1 aromatic carbocycles. The van der Waals surface area contributed by atoms with Gasteiger partial charge < -0.3 is 10.1 Å². The number of rotatable bonds is 4. The average molecular weight is 320 g/mol. The summed E-state index contributed by atoms with van der Waals surface area (Å²) >= 11 is 0. The number of benzene rings is 1. The zero-order chi connectivity index (χ0) is 17.1. The van der Waals surface area contributed by atoms with E-state index in [1.54, 1.807) is 36.3 Å². The number of anilines is 2. The molecule has 0 bridgehead atoms. The van der Waals surface area contributed by atoms with E-state index < -0.39 is 0 Å². The highest BCUT2D eigenvalue weighted by Crippen LogP contribution is 2.26. The fourth-order valence-electron chi connectivity index (χ4n) is 2.35. The molecule has 2 heterocycles. The summed E-state index contributed by atoms with van der Waals surface area (Å²) in [7, 11) is 3.40. The standard InChI is InChI=1S/C17H16N6O/c1-11-15(10-23(2)22-11)21-17-19-8-14(9-20-17)12-4-5-13(7-18)16(6-12)24-3/h4-6,8-10H,1-3H3,(H,19,20,21). The molecule has 2 aromatic heterocycles. The third-order valence-corrected chi connectivity index (χ3v) is 3.57. The summed E-state index contributed by atoms with van der Waals surface area (Å²) < 4.78 is 6.96. The highest BCUT2D eigenvalue weighted by molar-refractivity contribution is 5.66. The van der Waals surface area contributed by atoms with Crippen molar-refractivity contribution in [3.63, 3.8) is 0 Å². The van der Waals surface area contributed by atoms with Crippen molar-refractivity contribution in [2.45, 2.75) is 6.92 Å². The van der Waals surface area contributed by atoms with Crippen molar-refractivity contribution in [1.82, 2.24) is 19.7 Å². The molecular formula is C17H16N6O. The van der Waals surface area contributed by atoms with Crippen molar-refractivity contribution in [3.05, 3.63) is 48.0 Å². The van der Waals surface area contributed by atoms with Crippen molar-refractivity contribution < 1.29 is 4.74 Å². The number of aryl methyl sites for hydroxylation is 2. The van der Waals surface area contributed by atoms with Crippen molar-refractivity contribution in [2.75, 3.05) is 12.4 Å². The van der Waals surface area contributed by atoms with Gasteiger partial charge in [0, 0.05) is 31.2 Å². The van der Waals surface area contributed by atoms with Crippen LogP contribution in [0, 0.1) is 18.3 Å². The van der Waals surface area contributed by atoms with Crippen LogP contribution in [0.15, 0.2) is 36.8 Å². The van der Waals surface area contributed by atoms with Crippen LogP contribution in [0.4, 0.5) is 11.6 Å². The van der Waals surface area contributed by atoms with Crippen molar-refractivity contribution in [3.8, 4) is 22.9 Å². The van der Waals surface area contributed by atoms with Gasteiger partial charge in [-0.25, -0.2) is 9.97 Å². The maximum Gasteiger partial charge on any atom is 0.227 e. The Bertz CT molecular complexity index is 908. The van der Waals surface area contributed by atoms with Gasteiger partial charge in [0.05, 0.1) is 24.1 Å². The molecule has 0 unspecified atom stereocenters. The highest BCUT2D eigenvalue weighted by Gasteiger charge is 2.08. The molecule has 0 aliphatic carbocycles. The van der Waals surface area contributed by atoms with E-state index in [-0.39, 0.29) is 0 Å². The molecule has 0 saturated carbocycles. The first-order chi connectivity index (χ1) is 11.6. The molecule has 0 saturated heterocycles. The number of hydrogen-bond acceptors (Lipinski definition) is 6. The number of nitriles is 1. The topological polar surface area (TPSA) is 88.7 Å². The van der Waals surface area contributed by atoms with E-state index in [2.05, 4.69) is 26.5 Å². The molecule has 0 aliphatic rings. The number of aromatic nitrogens is 4. The van der Waals surface area contributed by atoms with Gasteiger partial charge in [0.15, 0.2) is 0 Å². The van der Waals surface area contributed by atoms with Gasteiger partial charge in [-0.05, 0) is 24.6 Å². The second-order valence-electron chi connectivity index (χ2n) is 5.25. The summed E-state index contributed by atoms with van der Waals surface area (Å²) in [6, 6.07) is 7.46. The van der Waals surface area contributed by atoms with E-state index in [1.807, 2.05) is 26.2 Å². The Labute approximate surface area is 139 Å². The van der Waals surface area contributed by atoms with Crippen LogP contribution in [0.3, 0.4) is 0 Å². The van der Waals surface area contributed by atoms with Crippen LogP contribution < -0.4 is 10.1 Å². The van der Waals surface area contributed by atoms with E-state index in [0.29, 0.717) is 17.3 Å². The molecule has 0 amide bonds. The van der Waals surface area contributed by atoms with Crippen molar-refractivity contribution in [1.29, 1.82) is 5.26 Å². The molecule has 7 heteroatoms. The van der Waals surface area contributed by atoms with Gasteiger partial charge in [-0.2, -0.15) is 10.4 Å². The van der Waals surface area contributed by atoms with Crippen LogP contribution in [0.5, 0.6) is 5.75 Å². The highest BCUT2D eigenvalue weighted by atomic mass is 16.5. The van der Waals surface area contributed by atoms with E-state index in [1.165, 1.54) is 0 Å². The molecule has 120 valence electrons. The number of hydrogen-bond donors (Lipinski definition) is 1. The molecule has 3 rings (SSSR count). The molecule has 7 nitrogen and oxygen atoms in total. The lowest BCUT2D eigenvalue weighted by molar-refractivity contribution is 0.413. The van der Waals surface area contributed by atoms with Crippen LogP contribution in [0.2, 0.25) is 0 Å². The largest absolute Gasteiger partial charge is 0.495 e. The van der Waals surface area contributed by atoms with E-state index in [9.17, 15) is 0 Å². The third-order valence-electron chi connectivity index (χ3n) is 3.57. The number of nitrogens with one attached hydrogen (secondary N) is 1. The molecule has 1 N–H and O–H groups in total. The summed E-state index contributed by atoms with van der Waals surface area (Å²) in [6.45, 7) is 1.92. The normalized spacial score (nSPS) is 10.2. The monoisotopic (exact) mass is 320 g/mol. The van der Waals surface area contributed by atoms with E-state index in [4.69, 9.17) is 10.00 Å². The minimum Gasteiger partial charge on any atom is -0.495 e. The summed E-state index contributed by atoms with van der Waals surface area (Å²) in [5.74, 6) is 1.03. The molecule has 24 heavy (non-hydrogen) atoms. The molecule has 3 aromatic rings. The Kier molecular flexibility index (Phi) is 4.12. The smallest absolute Gasteiger partial charge is 0.227 e. The lowest BCUT2D eigenvalue weighted by Gasteiger charge is -2.07. The number of methoxy groups -OCH3 is 1. The van der Waals surface area contributed by atoms with Gasteiger partial charge in [0.2, 0.25) is 5.95 Å². The SMILES string of the molecule is COc1cc(-c2cnc(Nc3cn(C)nc3C)nc2)ccc1C#N. The quantitative estimate of drug-likeness (QED) is 0.795. The second kappa shape index (κ2) is 6.38. The first-order valence-corrected chi connectivity index (χ1v) is 7.28. The Morgan fingerprint density at radius 3 is 2.54 bits per heavy atom. The Morgan fingerprint density at radius 2 is 1.96 bits per heavy atom. The van der Waals surface area contributed by atoms with Crippen molar-refractivity contribution >= 4 is 11.6 Å². The van der Waals surface area contributed by atoms with Crippen LogP contribution in [0.1, 0.15) is 11.3 Å². The van der Waals surface area contributed by atoms with Crippen LogP contribution in [-0.2, 0) is 7.05 Å². The zero-order valence-corrected chi connectivity index (χ0v) is 13.6. The predicted molar refractivity (Wildman–Crippen MR) is 90.0 cm³/mol. The summed E-state index contributed by atoms with van der Waals surface area (Å²) in [5, 5.41) is 16.4. The Balaban J connectivity index is 1.84. The fraction of sp³-hybridized carbons (Fsp3) is 0.176. The maximum absolute atomic E-state index is 9.04. The molecule has 0 atom stereocenters. The zero-order valence-electron chi connectivity index (χ0n) is 13.6. The Morgan fingerprint density at radius 1 is 1.21 bits per heavy atom. The summed E-state index contributed by atoms with van der Waals surface area (Å²) in [6.07, 6.45) is 5.32. The first kappa shape index (κ1) is 15.5. The van der Waals surface area contributed by atoms with Crippen LogP contribution in [0.25, 0.3) is 11.1 Å².